The van der Waals surface area contributed by atoms with Crippen LogP contribution in [0.1, 0.15) is 28.2 Å². The summed E-state index contributed by atoms with van der Waals surface area (Å²) in [6.45, 7) is 7.51. The topological polar surface area (TPSA) is 48.5 Å². The molecule has 1 aliphatic rings. The summed E-state index contributed by atoms with van der Waals surface area (Å²) in [7, 11) is 4.08. The number of hydrogen-bond acceptors (Lipinski definition) is 5. The molecule has 3 aromatic carbocycles. The van der Waals surface area contributed by atoms with E-state index in [1.807, 2.05) is 38.4 Å². The minimum Gasteiger partial charge on any atom is -0.378 e. The van der Waals surface area contributed by atoms with Crippen molar-refractivity contribution in [1.29, 1.82) is 5.26 Å². The first kappa shape index (κ1) is 26.8. The Hall–Kier alpha value is -4.75. The lowest BCUT2D eigenvalue weighted by Gasteiger charge is -2.12. The zero-order valence-corrected chi connectivity index (χ0v) is 22.9. The number of fused-ring (bicyclic) bond motifs is 2. The number of benzene rings is 3. The monoisotopic (exact) mass is 555 g/mol. The molecule has 4 nitrogen and oxygen atoms in total. The van der Waals surface area contributed by atoms with Gasteiger partial charge in [-0.1, -0.05) is 68.1 Å². The van der Waals surface area contributed by atoms with Crippen LogP contribution < -0.4 is 4.90 Å². The molecule has 1 aliphatic carbocycles. The highest BCUT2D eigenvalue weighted by Gasteiger charge is 2.32. The van der Waals surface area contributed by atoms with Crippen LogP contribution in [-0.2, 0) is 0 Å². The van der Waals surface area contributed by atoms with Crippen molar-refractivity contribution in [2.45, 2.75) is 7.43 Å². The van der Waals surface area contributed by atoms with Crippen molar-refractivity contribution in [3.05, 3.63) is 124 Å². The standard InChI is InChI=1S/C33H21N3OS2.CH4/c1-35-28(19-34)30-23-8-4-5-9-24(23)31(37)27(30)18-22-16-17-29(38-22)33-26-11-7-6-10-25(26)32(39-33)20-12-14-21(15-13-20)36(2)3;/h4-18H,2-3H3;1H4/b27-18-,30-28-;. The van der Waals surface area contributed by atoms with Crippen molar-refractivity contribution in [2.75, 3.05) is 19.0 Å². The molecule has 0 saturated carbocycles. The molecular weight excluding hydrogens is 531 g/mol. The number of hydrogen-bond donors (Lipinski definition) is 0. The third-order valence-corrected chi connectivity index (χ3v) is 9.30. The maximum atomic E-state index is 13.3. The number of rotatable bonds is 4. The van der Waals surface area contributed by atoms with E-state index < -0.39 is 0 Å². The second-order valence-electron chi connectivity index (χ2n) is 9.33. The maximum Gasteiger partial charge on any atom is 0.270 e. The van der Waals surface area contributed by atoms with Crippen molar-refractivity contribution in [2.24, 2.45) is 0 Å². The zero-order valence-electron chi connectivity index (χ0n) is 21.2. The van der Waals surface area contributed by atoms with Crippen LogP contribution in [0, 0.1) is 17.9 Å². The van der Waals surface area contributed by atoms with Crippen LogP contribution in [0.4, 0.5) is 5.69 Å². The third-order valence-electron chi connectivity index (χ3n) is 6.81. The van der Waals surface area contributed by atoms with E-state index in [1.165, 1.54) is 26.1 Å². The summed E-state index contributed by atoms with van der Waals surface area (Å²) in [6, 6.07) is 30.3. The number of carbonyl (C=O) groups excluding carboxylic acids is 1. The second kappa shape index (κ2) is 10.8. The summed E-state index contributed by atoms with van der Waals surface area (Å²) in [5.41, 5.74) is 4.27. The van der Waals surface area contributed by atoms with Crippen molar-refractivity contribution >= 4 is 56.6 Å². The van der Waals surface area contributed by atoms with Gasteiger partial charge >= 0.3 is 0 Å². The highest BCUT2D eigenvalue weighted by molar-refractivity contribution is 7.25. The van der Waals surface area contributed by atoms with Crippen molar-refractivity contribution in [3.8, 4) is 26.3 Å². The zero-order chi connectivity index (χ0) is 27.1. The summed E-state index contributed by atoms with van der Waals surface area (Å²) in [5.74, 6) is -0.156. The molecule has 6 rings (SSSR count). The Labute approximate surface area is 242 Å². The molecule has 6 heteroatoms. The normalized spacial score (nSPS) is 14.4. The number of ketones is 1. The quantitative estimate of drug-likeness (QED) is 0.126. The van der Waals surface area contributed by atoms with E-state index in [9.17, 15) is 10.1 Å². The highest BCUT2D eigenvalue weighted by atomic mass is 32.1. The van der Waals surface area contributed by atoms with Gasteiger partial charge in [-0.15, -0.1) is 22.7 Å². The molecule has 0 aliphatic heterocycles. The van der Waals surface area contributed by atoms with Gasteiger partial charge in [-0.2, -0.15) is 0 Å². The van der Waals surface area contributed by atoms with Gasteiger partial charge in [-0.25, -0.2) is 10.1 Å². The Kier molecular flexibility index (Phi) is 7.24. The number of Topliss-reactive ketones (excluding diaryl/α,β-unsaturated/α-hetero) is 1. The predicted molar refractivity (Wildman–Crippen MR) is 170 cm³/mol. The Balaban J connectivity index is 0.00000323. The Morgan fingerprint density at radius 1 is 0.875 bits per heavy atom. The minimum atomic E-state index is -0.156. The van der Waals surface area contributed by atoms with Gasteiger partial charge in [-0.3, -0.25) is 4.79 Å². The lowest BCUT2D eigenvalue weighted by molar-refractivity contribution is 0.104. The molecule has 2 heterocycles. The van der Waals surface area contributed by atoms with Crippen LogP contribution in [0.25, 0.3) is 47.5 Å². The molecule has 0 amide bonds. The van der Waals surface area contributed by atoms with E-state index in [0.717, 1.165) is 15.4 Å². The van der Waals surface area contributed by atoms with Crippen molar-refractivity contribution in [3.63, 3.8) is 0 Å². The van der Waals surface area contributed by atoms with E-state index in [1.54, 1.807) is 40.9 Å². The molecule has 194 valence electrons. The molecular formula is C34H25N3OS2. The van der Waals surface area contributed by atoms with Gasteiger partial charge in [-0.05, 0) is 41.5 Å². The van der Waals surface area contributed by atoms with Gasteiger partial charge in [0.25, 0.3) is 5.70 Å². The lowest BCUT2D eigenvalue weighted by Crippen LogP contribution is -2.07. The third kappa shape index (κ3) is 4.44. The summed E-state index contributed by atoms with van der Waals surface area (Å²) >= 11 is 3.37. The highest BCUT2D eigenvalue weighted by Crippen LogP contribution is 2.47. The largest absolute Gasteiger partial charge is 0.378 e. The Bertz CT molecular complexity index is 1910. The van der Waals surface area contributed by atoms with Crippen LogP contribution in [0.5, 0.6) is 0 Å². The first-order valence-electron chi connectivity index (χ1n) is 12.3. The molecule has 0 bridgehead atoms. The van der Waals surface area contributed by atoms with E-state index in [2.05, 4.69) is 64.3 Å². The molecule has 0 atom stereocenters. The number of anilines is 1. The summed E-state index contributed by atoms with van der Waals surface area (Å²) in [6.07, 6.45) is 1.82. The van der Waals surface area contributed by atoms with Gasteiger partial charge in [0, 0.05) is 61.9 Å². The van der Waals surface area contributed by atoms with E-state index in [0.29, 0.717) is 22.3 Å². The van der Waals surface area contributed by atoms with Gasteiger partial charge in [0.1, 0.15) is 0 Å². The van der Waals surface area contributed by atoms with Gasteiger partial charge in [0.15, 0.2) is 5.78 Å². The average Bonchev–Trinajstić information content (AvgIpc) is 3.66. The average molecular weight is 556 g/mol. The van der Waals surface area contributed by atoms with Crippen molar-refractivity contribution in [1.82, 2.24) is 0 Å². The van der Waals surface area contributed by atoms with E-state index in [-0.39, 0.29) is 18.9 Å². The smallest absolute Gasteiger partial charge is 0.270 e. The Morgan fingerprint density at radius 3 is 2.17 bits per heavy atom. The Morgan fingerprint density at radius 2 is 1.52 bits per heavy atom. The molecule has 5 aromatic rings. The van der Waals surface area contributed by atoms with Crippen molar-refractivity contribution < 1.29 is 4.79 Å². The molecule has 0 N–H and O–H groups in total. The summed E-state index contributed by atoms with van der Waals surface area (Å²) in [5, 5.41) is 12.0. The van der Waals surface area contributed by atoms with Crippen LogP contribution in [-0.4, -0.2) is 19.9 Å². The van der Waals surface area contributed by atoms with Gasteiger partial charge in [0.2, 0.25) is 0 Å². The number of nitrogens with zero attached hydrogens (tertiary/aromatic N) is 3. The van der Waals surface area contributed by atoms with Gasteiger partial charge in [0.05, 0.1) is 17.5 Å². The first-order valence-corrected chi connectivity index (χ1v) is 13.9. The molecule has 0 spiro atoms. The fraction of sp³-hybridized carbons (Fsp3) is 0.0882. The van der Waals surface area contributed by atoms with Gasteiger partial charge < -0.3 is 4.90 Å². The molecule has 40 heavy (non-hydrogen) atoms. The fourth-order valence-corrected chi connectivity index (χ4v) is 7.28. The molecule has 2 aromatic heterocycles. The molecule has 0 saturated heterocycles. The van der Waals surface area contributed by atoms with Crippen LogP contribution >= 0.6 is 22.7 Å². The first-order chi connectivity index (χ1) is 19.0. The van der Waals surface area contributed by atoms with Crippen LogP contribution in [0.15, 0.2) is 96.2 Å². The predicted octanol–water partition coefficient (Wildman–Crippen LogP) is 9.43. The lowest BCUT2D eigenvalue weighted by atomic mass is 10.0. The fourth-order valence-electron chi connectivity index (χ4n) is 4.93. The maximum absolute atomic E-state index is 13.3. The number of allylic oxidation sites excluding steroid dienone is 3. The SMILES string of the molecule is C.[C-]#[N+]/C(C#N)=C1\C(=C\c2ccc(-c3sc(-c4ccc(N(C)C)cc4)c4ccccc34)s2)C(=O)c2ccccc21. The van der Waals surface area contributed by atoms with E-state index in [4.69, 9.17) is 6.57 Å². The molecule has 0 unspecified atom stereocenters. The second-order valence-corrected chi connectivity index (χ2v) is 11.5. The van der Waals surface area contributed by atoms with Crippen LogP contribution in [0.3, 0.4) is 0 Å². The number of carbonyl (C=O) groups is 1. The summed E-state index contributed by atoms with van der Waals surface area (Å²) in [4.78, 5) is 23.2. The molecule has 0 radical (unpaired) electrons. The summed E-state index contributed by atoms with van der Waals surface area (Å²) < 4.78 is 0. The van der Waals surface area contributed by atoms with Crippen LogP contribution in [0.2, 0.25) is 0 Å². The number of nitriles is 1. The minimum absolute atomic E-state index is 0. The molecule has 0 fully saturated rings. The van der Waals surface area contributed by atoms with E-state index >= 15 is 0 Å². The number of thiophene rings is 2.